The summed E-state index contributed by atoms with van der Waals surface area (Å²) >= 11 is 0. The summed E-state index contributed by atoms with van der Waals surface area (Å²) in [6, 6.07) is 16.2. The van der Waals surface area contributed by atoms with Gasteiger partial charge < -0.3 is 0 Å². The third-order valence-electron chi connectivity index (χ3n) is 3.04. The molecule has 0 saturated heterocycles. The molecular weight excluding hydrogens is 256 g/mol. The lowest BCUT2D eigenvalue weighted by Gasteiger charge is -2.05. The van der Waals surface area contributed by atoms with Crippen molar-refractivity contribution in [2.75, 3.05) is 0 Å². The van der Waals surface area contributed by atoms with E-state index in [0.29, 0.717) is 11.3 Å². The first kappa shape index (κ1) is 12.5. The first-order valence-corrected chi connectivity index (χ1v) is 6.20. The molecule has 1 heterocycles. The highest BCUT2D eigenvalue weighted by Gasteiger charge is 2.04. The molecule has 0 spiro atoms. The molecule has 3 rings (SSSR count). The van der Waals surface area contributed by atoms with E-state index >= 15 is 0 Å². The fraction of sp³-hybridized carbons (Fsp3) is 0. The van der Waals surface area contributed by atoms with Crippen LogP contribution < -0.4 is 0 Å². The van der Waals surface area contributed by atoms with Gasteiger partial charge in [-0.3, -0.25) is 4.98 Å². The summed E-state index contributed by atoms with van der Waals surface area (Å²) in [4.78, 5) is 4.24. The smallest absolute Gasteiger partial charge is 0.123 e. The second-order valence-corrected chi connectivity index (χ2v) is 4.45. The topological polar surface area (TPSA) is 12.9 Å². The molecule has 0 saturated carbocycles. The van der Waals surface area contributed by atoms with Crippen LogP contribution in [0.5, 0.6) is 0 Å². The molecule has 0 unspecified atom stereocenters. The molecule has 0 aliphatic heterocycles. The molecule has 98 valence electrons. The summed E-state index contributed by atoms with van der Waals surface area (Å²) in [5.41, 5.74) is 2.97. The van der Waals surface area contributed by atoms with Crippen LogP contribution in [0.25, 0.3) is 22.4 Å². The van der Waals surface area contributed by atoms with Gasteiger partial charge in [0.15, 0.2) is 0 Å². The molecule has 0 amide bonds. The Morgan fingerprint density at radius 2 is 1.25 bits per heavy atom. The van der Waals surface area contributed by atoms with Crippen LogP contribution >= 0.6 is 0 Å². The minimum absolute atomic E-state index is 0.286. The monoisotopic (exact) mass is 267 g/mol. The summed E-state index contributed by atoms with van der Waals surface area (Å²) in [7, 11) is 0. The quantitative estimate of drug-likeness (QED) is 0.656. The van der Waals surface area contributed by atoms with Crippen LogP contribution in [0.3, 0.4) is 0 Å². The van der Waals surface area contributed by atoms with Crippen molar-refractivity contribution in [3.8, 4) is 22.4 Å². The summed E-state index contributed by atoms with van der Waals surface area (Å²) in [5, 5.41) is 0. The van der Waals surface area contributed by atoms with Gasteiger partial charge in [0.05, 0.1) is 5.69 Å². The fourth-order valence-electron chi connectivity index (χ4n) is 2.08. The van der Waals surface area contributed by atoms with Gasteiger partial charge in [-0.15, -0.1) is 0 Å². The zero-order valence-corrected chi connectivity index (χ0v) is 10.6. The molecule has 20 heavy (non-hydrogen) atoms. The largest absolute Gasteiger partial charge is 0.256 e. The van der Waals surface area contributed by atoms with Gasteiger partial charge in [0, 0.05) is 11.8 Å². The van der Waals surface area contributed by atoms with E-state index in [0.717, 1.165) is 11.1 Å². The average molecular weight is 267 g/mol. The van der Waals surface area contributed by atoms with Crippen LogP contribution in [0.2, 0.25) is 0 Å². The van der Waals surface area contributed by atoms with Crippen LogP contribution in [-0.4, -0.2) is 4.98 Å². The van der Waals surface area contributed by atoms with E-state index < -0.39 is 0 Å². The van der Waals surface area contributed by atoms with E-state index in [1.54, 1.807) is 30.5 Å². The van der Waals surface area contributed by atoms with Gasteiger partial charge in [-0.1, -0.05) is 24.3 Å². The summed E-state index contributed by atoms with van der Waals surface area (Å²) in [5.74, 6) is -0.591. The van der Waals surface area contributed by atoms with Crippen LogP contribution in [0.4, 0.5) is 8.78 Å². The number of hydrogen-bond donors (Lipinski definition) is 0. The summed E-state index contributed by atoms with van der Waals surface area (Å²) in [6.45, 7) is 0. The lowest BCUT2D eigenvalue weighted by Crippen LogP contribution is -1.87. The van der Waals surface area contributed by atoms with Gasteiger partial charge in [-0.05, 0) is 47.5 Å². The lowest BCUT2D eigenvalue weighted by atomic mass is 10.0. The van der Waals surface area contributed by atoms with Crippen molar-refractivity contribution in [2.24, 2.45) is 0 Å². The van der Waals surface area contributed by atoms with E-state index in [2.05, 4.69) is 4.98 Å². The van der Waals surface area contributed by atoms with Crippen molar-refractivity contribution in [2.45, 2.75) is 0 Å². The van der Waals surface area contributed by atoms with Crippen LogP contribution in [0.1, 0.15) is 0 Å². The number of rotatable bonds is 2. The summed E-state index contributed by atoms with van der Waals surface area (Å²) < 4.78 is 26.5. The van der Waals surface area contributed by atoms with Gasteiger partial charge >= 0.3 is 0 Å². The third kappa shape index (κ3) is 2.57. The average Bonchev–Trinajstić information content (AvgIpc) is 2.47. The number of aromatic nitrogens is 1. The molecule has 0 fully saturated rings. The maximum Gasteiger partial charge on any atom is 0.123 e. The highest BCUT2D eigenvalue weighted by molar-refractivity contribution is 5.70. The van der Waals surface area contributed by atoms with Crippen LogP contribution in [0.15, 0.2) is 66.9 Å². The highest BCUT2D eigenvalue weighted by Crippen LogP contribution is 2.25. The Balaban J connectivity index is 2.06. The van der Waals surface area contributed by atoms with Crippen molar-refractivity contribution >= 4 is 0 Å². The number of pyridine rings is 1. The molecule has 1 nitrogen and oxygen atoms in total. The van der Waals surface area contributed by atoms with Crippen molar-refractivity contribution in [1.82, 2.24) is 4.98 Å². The van der Waals surface area contributed by atoms with Gasteiger partial charge in [0.25, 0.3) is 0 Å². The van der Waals surface area contributed by atoms with Gasteiger partial charge in [0.1, 0.15) is 11.6 Å². The Labute approximate surface area is 115 Å². The number of benzene rings is 2. The minimum atomic E-state index is -0.305. The van der Waals surface area contributed by atoms with Crippen molar-refractivity contribution < 1.29 is 8.78 Å². The zero-order chi connectivity index (χ0) is 13.9. The SMILES string of the molecule is Fc1cccc(-c2ccnc(-c3cccc(F)c3)c2)c1. The molecule has 2 aromatic carbocycles. The van der Waals surface area contributed by atoms with E-state index in [4.69, 9.17) is 0 Å². The molecule has 0 atom stereocenters. The molecule has 3 aromatic rings. The lowest BCUT2D eigenvalue weighted by molar-refractivity contribution is 0.628. The van der Waals surface area contributed by atoms with Crippen LogP contribution in [-0.2, 0) is 0 Å². The number of nitrogens with zero attached hydrogens (tertiary/aromatic N) is 1. The Kier molecular flexibility index (Phi) is 3.25. The molecule has 0 N–H and O–H groups in total. The Morgan fingerprint density at radius 3 is 1.95 bits per heavy atom. The van der Waals surface area contributed by atoms with E-state index in [9.17, 15) is 8.78 Å². The predicted molar refractivity (Wildman–Crippen MR) is 75.0 cm³/mol. The van der Waals surface area contributed by atoms with E-state index in [1.165, 1.54) is 24.3 Å². The zero-order valence-electron chi connectivity index (χ0n) is 10.6. The van der Waals surface area contributed by atoms with E-state index in [1.807, 2.05) is 12.1 Å². The standard InChI is InChI=1S/C17H11F2N/c18-15-5-1-3-12(9-15)13-7-8-20-17(11-13)14-4-2-6-16(19)10-14/h1-11H. The fourth-order valence-corrected chi connectivity index (χ4v) is 2.08. The Hall–Kier alpha value is -2.55. The first-order valence-electron chi connectivity index (χ1n) is 6.20. The van der Waals surface area contributed by atoms with E-state index in [-0.39, 0.29) is 11.6 Å². The number of halogens is 2. The maximum atomic E-state index is 13.3. The maximum absolute atomic E-state index is 13.3. The minimum Gasteiger partial charge on any atom is -0.256 e. The van der Waals surface area contributed by atoms with Gasteiger partial charge in [-0.2, -0.15) is 0 Å². The Bertz CT molecular complexity index is 692. The molecular formula is C17H11F2N. The van der Waals surface area contributed by atoms with Gasteiger partial charge in [0.2, 0.25) is 0 Å². The molecule has 0 aliphatic rings. The molecule has 0 bridgehead atoms. The number of hydrogen-bond acceptors (Lipinski definition) is 1. The van der Waals surface area contributed by atoms with Gasteiger partial charge in [-0.25, -0.2) is 8.78 Å². The molecule has 0 aliphatic carbocycles. The normalized spacial score (nSPS) is 10.5. The highest BCUT2D eigenvalue weighted by atomic mass is 19.1. The van der Waals surface area contributed by atoms with Crippen LogP contribution in [0, 0.1) is 11.6 Å². The second-order valence-electron chi connectivity index (χ2n) is 4.45. The summed E-state index contributed by atoms with van der Waals surface area (Å²) in [6.07, 6.45) is 1.64. The van der Waals surface area contributed by atoms with Crippen molar-refractivity contribution in [1.29, 1.82) is 0 Å². The third-order valence-corrected chi connectivity index (χ3v) is 3.04. The second kappa shape index (κ2) is 5.21. The van der Waals surface area contributed by atoms with Crippen molar-refractivity contribution in [3.05, 3.63) is 78.5 Å². The Morgan fingerprint density at radius 1 is 0.650 bits per heavy atom. The van der Waals surface area contributed by atoms with Crippen molar-refractivity contribution in [3.63, 3.8) is 0 Å². The molecule has 3 heteroatoms. The first-order chi connectivity index (χ1) is 9.72. The molecule has 1 aromatic heterocycles. The molecule has 0 radical (unpaired) electrons. The predicted octanol–water partition coefficient (Wildman–Crippen LogP) is 4.69.